The summed E-state index contributed by atoms with van der Waals surface area (Å²) in [6.07, 6.45) is 13.6. The third-order valence-corrected chi connectivity index (χ3v) is 6.62. The van der Waals surface area contributed by atoms with Gasteiger partial charge in [0.15, 0.2) is 0 Å². The molecule has 1 aliphatic heterocycles. The molecule has 3 rings (SSSR count). The van der Waals surface area contributed by atoms with Crippen LogP contribution < -0.4 is 5.32 Å². The van der Waals surface area contributed by atoms with Crippen molar-refractivity contribution in [2.24, 2.45) is 17.8 Å². The standard InChI is InChI=1S/C20H38N2O/c1-16-10-20(11-16)22-14-18(8-5-9-23)12-19(15-22)21-13-17-6-3-2-4-7-17/h16-21,23H,2-15H2,1H3. The highest BCUT2D eigenvalue weighted by atomic mass is 16.2. The largest absolute Gasteiger partial charge is 0.396 e. The normalized spacial score (nSPS) is 36.8. The highest BCUT2D eigenvalue weighted by Gasteiger charge is 2.36. The Labute approximate surface area is 143 Å². The Morgan fingerprint density at radius 2 is 1.78 bits per heavy atom. The average Bonchev–Trinajstić information content (AvgIpc) is 2.56. The van der Waals surface area contributed by atoms with Crippen molar-refractivity contribution in [3.8, 4) is 0 Å². The van der Waals surface area contributed by atoms with Crippen LogP contribution in [0, 0.1) is 17.8 Å². The van der Waals surface area contributed by atoms with Gasteiger partial charge in [0.25, 0.3) is 0 Å². The molecule has 0 aromatic rings. The van der Waals surface area contributed by atoms with Gasteiger partial charge in [0.05, 0.1) is 0 Å². The molecule has 2 aliphatic carbocycles. The minimum Gasteiger partial charge on any atom is -0.396 e. The zero-order valence-electron chi connectivity index (χ0n) is 15.2. The van der Waals surface area contributed by atoms with Gasteiger partial charge in [-0.25, -0.2) is 0 Å². The molecule has 0 aromatic heterocycles. The molecule has 0 radical (unpaired) electrons. The number of hydrogen-bond donors (Lipinski definition) is 2. The van der Waals surface area contributed by atoms with Crippen LogP contribution in [0.1, 0.15) is 71.1 Å². The van der Waals surface area contributed by atoms with Crippen molar-refractivity contribution in [2.75, 3.05) is 26.2 Å². The van der Waals surface area contributed by atoms with Crippen LogP contribution in [-0.2, 0) is 0 Å². The number of piperidine rings is 1. The number of rotatable bonds is 7. The van der Waals surface area contributed by atoms with E-state index in [0.29, 0.717) is 12.6 Å². The highest BCUT2D eigenvalue weighted by molar-refractivity contribution is 4.92. The summed E-state index contributed by atoms with van der Waals surface area (Å²) in [4.78, 5) is 2.78. The average molecular weight is 323 g/mol. The SMILES string of the molecule is CC1CC(N2CC(CCCO)CC(NCC3CCCCC3)C2)C1. The summed E-state index contributed by atoms with van der Waals surface area (Å²) in [6, 6.07) is 1.53. The maximum atomic E-state index is 9.17. The van der Waals surface area contributed by atoms with Crippen molar-refractivity contribution in [1.82, 2.24) is 10.2 Å². The lowest BCUT2D eigenvalue weighted by Crippen LogP contribution is -2.56. The third kappa shape index (κ3) is 5.17. The minimum atomic E-state index is 0.358. The van der Waals surface area contributed by atoms with E-state index in [1.165, 1.54) is 77.4 Å². The third-order valence-electron chi connectivity index (χ3n) is 6.62. The van der Waals surface area contributed by atoms with Crippen molar-refractivity contribution in [3.05, 3.63) is 0 Å². The summed E-state index contributed by atoms with van der Waals surface area (Å²) in [5.74, 6) is 2.65. The molecule has 0 spiro atoms. The smallest absolute Gasteiger partial charge is 0.0431 e. The molecule has 0 aromatic carbocycles. The van der Waals surface area contributed by atoms with Crippen LogP contribution in [0.15, 0.2) is 0 Å². The Balaban J connectivity index is 1.48. The van der Waals surface area contributed by atoms with E-state index >= 15 is 0 Å². The van der Waals surface area contributed by atoms with Gasteiger partial charge in [0.1, 0.15) is 0 Å². The molecular formula is C20H38N2O. The van der Waals surface area contributed by atoms with Gasteiger partial charge in [0, 0.05) is 31.8 Å². The second-order valence-corrected chi connectivity index (χ2v) is 8.76. The Kier molecular flexibility index (Phi) is 6.79. The van der Waals surface area contributed by atoms with E-state index < -0.39 is 0 Å². The molecule has 2 atom stereocenters. The zero-order valence-corrected chi connectivity index (χ0v) is 15.2. The van der Waals surface area contributed by atoms with Crippen molar-refractivity contribution >= 4 is 0 Å². The van der Waals surface area contributed by atoms with E-state index in [1.54, 1.807) is 0 Å². The molecule has 134 valence electrons. The van der Waals surface area contributed by atoms with E-state index in [2.05, 4.69) is 17.1 Å². The summed E-state index contributed by atoms with van der Waals surface area (Å²) < 4.78 is 0. The maximum Gasteiger partial charge on any atom is 0.0431 e. The summed E-state index contributed by atoms with van der Waals surface area (Å²) in [5.41, 5.74) is 0. The van der Waals surface area contributed by atoms with E-state index in [4.69, 9.17) is 0 Å². The summed E-state index contributed by atoms with van der Waals surface area (Å²) in [7, 11) is 0. The van der Waals surface area contributed by atoms with Crippen molar-refractivity contribution in [1.29, 1.82) is 0 Å². The van der Waals surface area contributed by atoms with Crippen LogP contribution in [0.4, 0.5) is 0 Å². The van der Waals surface area contributed by atoms with Gasteiger partial charge in [-0.05, 0) is 69.2 Å². The summed E-state index contributed by atoms with van der Waals surface area (Å²) in [5, 5.41) is 13.1. The van der Waals surface area contributed by atoms with Crippen LogP contribution >= 0.6 is 0 Å². The van der Waals surface area contributed by atoms with E-state index in [-0.39, 0.29) is 0 Å². The van der Waals surface area contributed by atoms with E-state index in [1.807, 2.05) is 0 Å². The van der Waals surface area contributed by atoms with Crippen LogP contribution in [0.5, 0.6) is 0 Å². The Hall–Kier alpha value is -0.120. The first-order chi connectivity index (χ1) is 11.2. The summed E-state index contributed by atoms with van der Waals surface area (Å²) in [6.45, 7) is 6.53. The van der Waals surface area contributed by atoms with Gasteiger partial charge in [-0.15, -0.1) is 0 Å². The molecule has 3 heteroatoms. The van der Waals surface area contributed by atoms with Crippen molar-refractivity contribution in [2.45, 2.75) is 83.2 Å². The quantitative estimate of drug-likeness (QED) is 0.754. The molecular weight excluding hydrogens is 284 g/mol. The van der Waals surface area contributed by atoms with Crippen LogP contribution in [0.2, 0.25) is 0 Å². The predicted octanol–water partition coefficient (Wildman–Crippen LogP) is 3.42. The van der Waals surface area contributed by atoms with Crippen LogP contribution in [0.25, 0.3) is 0 Å². The summed E-state index contributed by atoms with van der Waals surface area (Å²) >= 11 is 0. The molecule has 2 unspecified atom stereocenters. The minimum absolute atomic E-state index is 0.358. The number of hydrogen-bond acceptors (Lipinski definition) is 3. The number of nitrogens with zero attached hydrogens (tertiary/aromatic N) is 1. The molecule has 3 fully saturated rings. The lowest BCUT2D eigenvalue weighted by atomic mass is 9.78. The zero-order chi connectivity index (χ0) is 16.1. The van der Waals surface area contributed by atoms with Gasteiger partial charge < -0.3 is 10.4 Å². The molecule has 0 bridgehead atoms. The Morgan fingerprint density at radius 1 is 1.00 bits per heavy atom. The van der Waals surface area contributed by atoms with Crippen LogP contribution in [0.3, 0.4) is 0 Å². The molecule has 3 aliphatic rings. The molecule has 0 amide bonds. The number of nitrogens with one attached hydrogen (secondary N) is 1. The second-order valence-electron chi connectivity index (χ2n) is 8.76. The van der Waals surface area contributed by atoms with E-state index in [9.17, 15) is 5.11 Å². The molecule has 1 heterocycles. The lowest BCUT2D eigenvalue weighted by Gasteiger charge is -2.48. The monoisotopic (exact) mass is 322 g/mol. The number of aliphatic hydroxyl groups is 1. The van der Waals surface area contributed by atoms with Gasteiger partial charge in [-0.1, -0.05) is 26.2 Å². The molecule has 2 N–H and O–H groups in total. The van der Waals surface area contributed by atoms with Crippen molar-refractivity contribution < 1.29 is 5.11 Å². The topological polar surface area (TPSA) is 35.5 Å². The maximum absolute atomic E-state index is 9.17. The number of likely N-dealkylation sites (tertiary alicyclic amines) is 1. The van der Waals surface area contributed by atoms with Gasteiger partial charge in [-0.3, -0.25) is 4.90 Å². The van der Waals surface area contributed by atoms with Gasteiger partial charge in [-0.2, -0.15) is 0 Å². The van der Waals surface area contributed by atoms with E-state index in [0.717, 1.165) is 30.2 Å². The van der Waals surface area contributed by atoms with Crippen LogP contribution in [-0.4, -0.2) is 48.3 Å². The van der Waals surface area contributed by atoms with Gasteiger partial charge in [0.2, 0.25) is 0 Å². The first-order valence-electron chi connectivity index (χ1n) is 10.3. The fraction of sp³-hybridized carbons (Fsp3) is 1.00. The van der Waals surface area contributed by atoms with Crippen molar-refractivity contribution in [3.63, 3.8) is 0 Å². The second kappa shape index (κ2) is 8.82. The predicted molar refractivity (Wildman–Crippen MR) is 96.6 cm³/mol. The van der Waals surface area contributed by atoms with Gasteiger partial charge >= 0.3 is 0 Å². The first kappa shape index (κ1) is 17.7. The first-order valence-corrected chi connectivity index (χ1v) is 10.3. The number of aliphatic hydroxyl groups excluding tert-OH is 1. The highest BCUT2D eigenvalue weighted by Crippen LogP contribution is 2.34. The molecule has 3 nitrogen and oxygen atoms in total. The Bertz CT molecular complexity index is 337. The molecule has 1 saturated heterocycles. The fourth-order valence-electron chi connectivity index (χ4n) is 5.16. The lowest BCUT2D eigenvalue weighted by molar-refractivity contribution is 0.0296. The molecule has 2 saturated carbocycles. The fourth-order valence-corrected chi connectivity index (χ4v) is 5.16. The molecule has 23 heavy (non-hydrogen) atoms. The Morgan fingerprint density at radius 3 is 2.48 bits per heavy atom.